The number of anilines is 1. The van der Waals surface area contributed by atoms with Gasteiger partial charge in [0.15, 0.2) is 0 Å². The van der Waals surface area contributed by atoms with Crippen LogP contribution in [0, 0.1) is 13.8 Å². The van der Waals surface area contributed by atoms with E-state index in [1.165, 1.54) is 0 Å². The van der Waals surface area contributed by atoms with Crippen LogP contribution in [0.1, 0.15) is 28.4 Å². The number of nitrogens with one attached hydrogen (secondary N) is 1. The number of benzene rings is 2. The number of carbonyl (C=O) groups is 1. The number of amides is 1. The van der Waals surface area contributed by atoms with Crippen molar-refractivity contribution in [3.8, 4) is 5.75 Å². The topological polar surface area (TPSA) is 47.6 Å². The van der Waals surface area contributed by atoms with Gasteiger partial charge in [0.1, 0.15) is 12.4 Å². The molecule has 0 fully saturated rings. The monoisotopic (exact) mass is 313 g/mol. The number of hydrogen-bond acceptors (Lipinski definition) is 3. The van der Waals surface area contributed by atoms with Crippen molar-refractivity contribution in [3.05, 3.63) is 59.2 Å². The molecule has 0 heterocycles. The van der Waals surface area contributed by atoms with E-state index < -0.39 is 0 Å². The Kier molecular flexibility index (Phi) is 6.18. The molecule has 4 nitrogen and oxygen atoms in total. The molecule has 122 valence electrons. The summed E-state index contributed by atoms with van der Waals surface area (Å²) in [6, 6.07) is 13.0. The third-order valence-corrected chi connectivity index (χ3v) is 3.67. The zero-order valence-corrected chi connectivity index (χ0v) is 13.9. The van der Waals surface area contributed by atoms with Gasteiger partial charge < -0.3 is 14.8 Å². The average molecular weight is 313 g/mol. The Labute approximate surface area is 137 Å². The van der Waals surface area contributed by atoms with E-state index in [0.717, 1.165) is 22.6 Å². The van der Waals surface area contributed by atoms with Crippen LogP contribution in [0.3, 0.4) is 0 Å². The van der Waals surface area contributed by atoms with E-state index >= 15 is 0 Å². The lowest BCUT2D eigenvalue weighted by Crippen LogP contribution is -2.13. The Hall–Kier alpha value is -2.33. The molecule has 0 unspecified atom stereocenters. The van der Waals surface area contributed by atoms with E-state index in [-0.39, 0.29) is 5.91 Å². The predicted octanol–water partition coefficient (Wildman–Crippen LogP) is 3.97. The van der Waals surface area contributed by atoms with Crippen LogP contribution in [0.25, 0.3) is 0 Å². The van der Waals surface area contributed by atoms with Gasteiger partial charge in [0, 0.05) is 17.9 Å². The van der Waals surface area contributed by atoms with Crippen LogP contribution in [0.5, 0.6) is 5.75 Å². The van der Waals surface area contributed by atoms with Crippen molar-refractivity contribution >= 4 is 11.6 Å². The van der Waals surface area contributed by atoms with E-state index in [9.17, 15) is 4.79 Å². The summed E-state index contributed by atoms with van der Waals surface area (Å²) >= 11 is 0. The molecule has 0 aliphatic carbocycles. The van der Waals surface area contributed by atoms with Crippen molar-refractivity contribution < 1.29 is 14.3 Å². The standard InChI is InChI=1S/C19H23NO3/c1-4-22-12-13-23-17-10-8-16(9-11-17)19(21)20-18-7-5-6-14(2)15(18)3/h5-11H,4,12-13H2,1-3H3,(H,20,21). The molecule has 0 aliphatic heterocycles. The lowest BCUT2D eigenvalue weighted by Gasteiger charge is -2.11. The maximum absolute atomic E-state index is 12.3. The van der Waals surface area contributed by atoms with Gasteiger partial charge in [-0.05, 0) is 62.2 Å². The molecular formula is C19H23NO3. The third-order valence-electron chi connectivity index (χ3n) is 3.67. The van der Waals surface area contributed by atoms with E-state index in [2.05, 4.69) is 5.32 Å². The first-order valence-electron chi connectivity index (χ1n) is 7.80. The zero-order chi connectivity index (χ0) is 16.7. The number of hydrogen-bond donors (Lipinski definition) is 1. The fourth-order valence-corrected chi connectivity index (χ4v) is 2.15. The average Bonchev–Trinajstić information content (AvgIpc) is 2.56. The summed E-state index contributed by atoms with van der Waals surface area (Å²) in [5.74, 6) is 0.604. The van der Waals surface area contributed by atoms with Gasteiger partial charge in [-0.1, -0.05) is 12.1 Å². The van der Waals surface area contributed by atoms with Crippen LogP contribution in [0.2, 0.25) is 0 Å². The Balaban J connectivity index is 1.96. The predicted molar refractivity (Wildman–Crippen MR) is 92.3 cm³/mol. The molecule has 0 radical (unpaired) electrons. The smallest absolute Gasteiger partial charge is 0.255 e. The summed E-state index contributed by atoms with van der Waals surface area (Å²) in [5.41, 5.74) is 3.67. The van der Waals surface area contributed by atoms with Crippen molar-refractivity contribution in [2.24, 2.45) is 0 Å². The fraction of sp³-hybridized carbons (Fsp3) is 0.316. The highest BCUT2D eigenvalue weighted by Gasteiger charge is 2.08. The van der Waals surface area contributed by atoms with Crippen LogP contribution < -0.4 is 10.1 Å². The van der Waals surface area contributed by atoms with Crippen LogP contribution in [-0.2, 0) is 4.74 Å². The fourth-order valence-electron chi connectivity index (χ4n) is 2.15. The van der Waals surface area contributed by atoms with Gasteiger partial charge >= 0.3 is 0 Å². The number of ether oxygens (including phenoxy) is 2. The Bertz CT molecular complexity index is 650. The highest BCUT2D eigenvalue weighted by atomic mass is 16.5. The van der Waals surface area contributed by atoms with Crippen molar-refractivity contribution in [1.82, 2.24) is 0 Å². The summed E-state index contributed by atoms with van der Waals surface area (Å²) in [4.78, 5) is 12.3. The van der Waals surface area contributed by atoms with Crippen LogP contribution in [-0.4, -0.2) is 25.7 Å². The minimum Gasteiger partial charge on any atom is -0.491 e. The summed E-state index contributed by atoms with van der Waals surface area (Å²) in [5, 5.41) is 2.95. The van der Waals surface area contributed by atoms with Gasteiger partial charge in [-0.25, -0.2) is 0 Å². The van der Waals surface area contributed by atoms with Crippen molar-refractivity contribution in [2.45, 2.75) is 20.8 Å². The zero-order valence-electron chi connectivity index (χ0n) is 13.9. The van der Waals surface area contributed by atoms with E-state index in [1.54, 1.807) is 24.3 Å². The molecule has 0 saturated carbocycles. The van der Waals surface area contributed by atoms with E-state index in [1.807, 2.05) is 39.0 Å². The molecule has 1 N–H and O–H groups in total. The first-order chi connectivity index (χ1) is 11.1. The molecule has 4 heteroatoms. The second-order valence-electron chi connectivity index (χ2n) is 5.27. The molecule has 0 aliphatic rings. The second-order valence-corrected chi connectivity index (χ2v) is 5.27. The summed E-state index contributed by atoms with van der Waals surface area (Å²) in [6.45, 7) is 7.72. The normalized spacial score (nSPS) is 10.4. The van der Waals surface area contributed by atoms with Gasteiger partial charge in [-0.15, -0.1) is 0 Å². The SMILES string of the molecule is CCOCCOc1ccc(C(=O)Nc2cccc(C)c2C)cc1. The lowest BCUT2D eigenvalue weighted by molar-refractivity contribution is 0.102. The van der Waals surface area contributed by atoms with Gasteiger partial charge in [0.05, 0.1) is 6.61 Å². The van der Waals surface area contributed by atoms with Crippen molar-refractivity contribution in [1.29, 1.82) is 0 Å². The molecule has 2 rings (SSSR count). The maximum atomic E-state index is 12.3. The molecule has 2 aromatic carbocycles. The minimum atomic E-state index is -0.125. The van der Waals surface area contributed by atoms with Crippen LogP contribution in [0.15, 0.2) is 42.5 Å². The molecule has 0 bridgehead atoms. The molecule has 0 spiro atoms. The minimum absolute atomic E-state index is 0.125. The molecule has 0 saturated heterocycles. The largest absolute Gasteiger partial charge is 0.491 e. The number of aryl methyl sites for hydroxylation is 1. The third kappa shape index (κ3) is 4.83. The second kappa shape index (κ2) is 8.34. The van der Waals surface area contributed by atoms with E-state index in [4.69, 9.17) is 9.47 Å². The Morgan fingerprint density at radius 3 is 2.48 bits per heavy atom. The number of rotatable bonds is 7. The van der Waals surface area contributed by atoms with Crippen LogP contribution >= 0.6 is 0 Å². The molecule has 1 amide bonds. The number of carbonyl (C=O) groups excluding carboxylic acids is 1. The maximum Gasteiger partial charge on any atom is 0.255 e. The highest BCUT2D eigenvalue weighted by Crippen LogP contribution is 2.19. The van der Waals surface area contributed by atoms with Gasteiger partial charge in [0.25, 0.3) is 5.91 Å². The molecule has 2 aromatic rings. The van der Waals surface area contributed by atoms with Gasteiger partial charge in [-0.3, -0.25) is 4.79 Å². The lowest BCUT2D eigenvalue weighted by atomic mass is 10.1. The summed E-state index contributed by atoms with van der Waals surface area (Å²) < 4.78 is 10.8. The molecule has 0 atom stereocenters. The van der Waals surface area contributed by atoms with Gasteiger partial charge in [0.2, 0.25) is 0 Å². The molecular weight excluding hydrogens is 290 g/mol. The molecule has 23 heavy (non-hydrogen) atoms. The highest BCUT2D eigenvalue weighted by molar-refractivity contribution is 6.04. The molecule has 0 aromatic heterocycles. The van der Waals surface area contributed by atoms with Crippen molar-refractivity contribution in [2.75, 3.05) is 25.1 Å². The summed E-state index contributed by atoms with van der Waals surface area (Å²) in [6.07, 6.45) is 0. The van der Waals surface area contributed by atoms with Crippen LogP contribution in [0.4, 0.5) is 5.69 Å². The van der Waals surface area contributed by atoms with Crippen molar-refractivity contribution in [3.63, 3.8) is 0 Å². The van der Waals surface area contributed by atoms with E-state index in [0.29, 0.717) is 25.4 Å². The Morgan fingerprint density at radius 1 is 1.04 bits per heavy atom. The quantitative estimate of drug-likeness (QED) is 0.787. The first kappa shape index (κ1) is 17.0. The van der Waals surface area contributed by atoms with Gasteiger partial charge in [-0.2, -0.15) is 0 Å². The summed E-state index contributed by atoms with van der Waals surface area (Å²) in [7, 11) is 0. The Morgan fingerprint density at radius 2 is 1.78 bits per heavy atom. The first-order valence-corrected chi connectivity index (χ1v) is 7.80.